The van der Waals surface area contributed by atoms with Gasteiger partial charge in [-0.15, -0.1) is 11.6 Å². The summed E-state index contributed by atoms with van der Waals surface area (Å²) in [4.78, 5) is 14.4. The highest BCUT2D eigenvalue weighted by Crippen LogP contribution is 2.28. The van der Waals surface area contributed by atoms with Crippen LogP contribution in [0.1, 0.15) is 36.0 Å². The predicted molar refractivity (Wildman–Crippen MR) is 77.0 cm³/mol. The average Bonchev–Trinajstić information content (AvgIpc) is 2.97. The summed E-state index contributed by atoms with van der Waals surface area (Å²) in [5, 5.41) is 0. The Morgan fingerprint density at radius 1 is 1.45 bits per heavy atom. The molecule has 1 amide bonds. The van der Waals surface area contributed by atoms with Crippen LogP contribution in [0.2, 0.25) is 0 Å². The summed E-state index contributed by atoms with van der Waals surface area (Å²) in [6.45, 7) is 0.433. The van der Waals surface area contributed by atoms with Gasteiger partial charge in [0.15, 0.2) is 0 Å². The molecule has 0 atom stereocenters. The lowest BCUT2D eigenvalue weighted by molar-refractivity contribution is 0.0686. The Morgan fingerprint density at radius 2 is 2.15 bits per heavy atom. The van der Waals surface area contributed by atoms with E-state index in [1.54, 1.807) is 11.0 Å². The third-order valence-corrected chi connectivity index (χ3v) is 3.93. The third-order valence-electron chi connectivity index (χ3n) is 3.76. The molecule has 110 valence electrons. The van der Waals surface area contributed by atoms with E-state index < -0.39 is 5.82 Å². The zero-order valence-electron chi connectivity index (χ0n) is 11.6. The molecule has 1 aromatic rings. The van der Waals surface area contributed by atoms with Crippen LogP contribution in [0.25, 0.3) is 0 Å². The molecule has 0 heterocycles. The Morgan fingerprint density at radius 3 is 2.75 bits per heavy atom. The van der Waals surface area contributed by atoms with E-state index in [0.29, 0.717) is 12.4 Å². The summed E-state index contributed by atoms with van der Waals surface area (Å²) in [5.41, 5.74) is 0.00650. The quantitative estimate of drug-likeness (QED) is 0.779. The van der Waals surface area contributed by atoms with E-state index >= 15 is 0 Å². The van der Waals surface area contributed by atoms with Gasteiger partial charge < -0.3 is 9.64 Å². The van der Waals surface area contributed by atoms with E-state index in [4.69, 9.17) is 16.3 Å². The van der Waals surface area contributed by atoms with Crippen LogP contribution in [-0.2, 0) is 0 Å². The molecule has 0 N–H and O–H groups in total. The maximum Gasteiger partial charge on any atom is 0.260 e. The molecule has 0 bridgehead atoms. The minimum atomic E-state index is -0.549. The van der Waals surface area contributed by atoms with Crippen molar-refractivity contribution in [2.75, 3.05) is 19.5 Å². The molecule has 2 rings (SSSR count). The van der Waals surface area contributed by atoms with Gasteiger partial charge in [0.25, 0.3) is 5.91 Å². The van der Waals surface area contributed by atoms with Crippen LogP contribution in [0, 0.1) is 5.82 Å². The van der Waals surface area contributed by atoms with Gasteiger partial charge in [-0.1, -0.05) is 18.9 Å². The van der Waals surface area contributed by atoms with Crippen molar-refractivity contribution in [3.8, 4) is 5.75 Å². The van der Waals surface area contributed by atoms with Gasteiger partial charge in [0.05, 0.1) is 7.11 Å². The van der Waals surface area contributed by atoms with Crippen molar-refractivity contribution >= 4 is 17.5 Å². The van der Waals surface area contributed by atoms with Crippen LogP contribution in [0.3, 0.4) is 0 Å². The first kappa shape index (κ1) is 15.1. The van der Waals surface area contributed by atoms with E-state index in [-0.39, 0.29) is 23.3 Å². The second-order valence-electron chi connectivity index (χ2n) is 4.94. The van der Waals surface area contributed by atoms with Gasteiger partial charge in [-0.2, -0.15) is 0 Å². The Labute approximate surface area is 123 Å². The van der Waals surface area contributed by atoms with Crippen LogP contribution in [-0.4, -0.2) is 36.4 Å². The number of hydrogen-bond acceptors (Lipinski definition) is 2. The number of benzene rings is 1. The molecule has 1 saturated carbocycles. The highest BCUT2D eigenvalue weighted by Gasteiger charge is 2.30. The van der Waals surface area contributed by atoms with Crippen molar-refractivity contribution in [1.29, 1.82) is 0 Å². The number of carbonyl (C=O) groups excluding carboxylic acids is 1. The van der Waals surface area contributed by atoms with Crippen molar-refractivity contribution in [1.82, 2.24) is 4.90 Å². The van der Waals surface area contributed by atoms with E-state index in [0.717, 1.165) is 25.7 Å². The summed E-state index contributed by atoms with van der Waals surface area (Å²) < 4.78 is 19.1. The first-order chi connectivity index (χ1) is 9.69. The molecule has 0 saturated heterocycles. The van der Waals surface area contributed by atoms with Gasteiger partial charge in [-0.05, 0) is 25.0 Å². The number of halogens is 2. The minimum absolute atomic E-state index is 0.00650. The smallest absolute Gasteiger partial charge is 0.260 e. The third kappa shape index (κ3) is 3.06. The number of ether oxygens (including phenoxy) is 1. The highest BCUT2D eigenvalue weighted by atomic mass is 35.5. The Kier molecular flexibility index (Phi) is 5.24. The standard InChI is InChI=1S/C15H19ClFNO2/c1-20-13-8-4-7-12(17)14(13)15(19)18(10-9-16)11-5-2-3-6-11/h4,7-8,11H,2-3,5-6,9-10H2,1H3. The molecular formula is C15H19ClFNO2. The molecule has 0 aromatic heterocycles. The van der Waals surface area contributed by atoms with Gasteiger partial charge in [0.2, 0.25) is 0 Å². The summed E-state index contributed by atoms with van der Waals surface area (Å²) in [7, 11) is 1.44. The lowest BCUT2D eigenvalue weighted by Crippen LogP contribution is -2.40. The number of alkyl halides is 1. The van der Waals surface area contributed by atoms with Crippen LogP contribution >= 0.6 is 11.6 Å². The molecule has 1 aromatic carbocycles. The molecule has 3 nitrogen and oxygen atoms in total. The molecule has 0 radical (unpaired) electrons. The predicted octanol–water partition coefficient (Wildman–Crippen LogP) is 3.46. The number of nitrogens with zero attached hydrogens (tertiary/aromatic N) is 1. The largest absolute Gasteiger partial charge is 0.496 e. The van der Waals surface area contributed by atoms with Crippen molar-refractivity contribution in [2.24, 2.45) is 0 Å². The lowest BCUT2D eigenvalue weighted by Gasteiger charge is -2.29. The molecule has 5 heteroatoms. The molecule has 1 aliphatic carbocycles. The van der Waals surface area contributed by atoms with E-state index in [2.05, 4.69) is 0 Å². The maximum absolute atomic E-state index is 14.0. The van der Waals surface area contributed by atoms with E-state index in [1.165, 1.54) is 19.2 Å². The fourth-order valence-electron chi connectivity index (χ4n) is 2.78. The van der Waals surface area contributed by atoms with Gasteiger partial charge in [-0.25, -0.2) is 4.39 Å². The van der Waals surface area contributed by atoms with Gasteiger partial charge in [-0.3, -0.25) is 4.79 Å². The summed E-state index contributed by atoms with van der Waals surface area (Å²) in [6.07, 6.45) is 4.12. The fourth-order valence-corrected chi connectivity index (χ4v) is 2.96. The van der Waals surface area contributed by atoms with Crippen molar-refractivity contribution < 1.29 is 13.9 Å². The Bertz CT molecular complexity index is 475. The van der Waals surface area contributed by atoms with Crippen LogP contribution in [0.5, 0.6) is 5.75 Å². The van der Waals surface area contributed by atoms with Crippen molar-refractivity contribution in [3.63, 3.8) is 0 Å². The fraction of sp³-hybridized carbons (Fsp3) is 0.533. The second kappa shape index (κ2) is 6.93. The van der Waals surface area contributed by atoms with Crippen molar-refractivity contribution in [3.05, 3.63) is 29.6 Å². The molecule has 0 aliphatic heterocycles. The number of amides is 1. The Hall–Kier alpha value is -1.29. The lowest BCUT2D eigenvalue weighted by atomic mass is 10.1. The van der Waals surface area contributed by atoms with E-state index in [1.807, 2.05) is 0 Å². The first-order valence-corrected chi connectivity index (χ1v) is 7.42. The minimum Gasteiger partial charge on any atom is -0.496 e. The van der Waals surface area contributed by atoms with Crippen molar-refractivity contribution in [2.45, 2.75) is 31.7 Å². The zero-order chi connectivity index (χ0) is 14.5. The van der Waals surface area contributed by atoms with E-state index in [9.17, 15) is 9.18 Å². The molecule has 0 spiro atoms. The monoisotopic (exact) mass is 299 g/mol. The normalized spacial score (nSPS) is 15.3. The van der Waals surface area contributed by atoms with Gasteiger partial charge in [0.1, 0.15) is 17.1 Å². The number of methoxy groups -OCH3 is 1. The summed E-state index contributed by atoms with van der Waals surface area (Å²) in [5.74, 6) is -0.258. The molecule has 1 fully saturated rings. The molecule has 1 aliphatic rings. The molecule has 0 unspecified atom stereocenters. The average molecular weight is 300 g/mol. The zero-order valence-corrected chi connectivity index (χ0v) is 12.3. The van der Waals surface area contributed by atoms with Crippen LogP contribution < -0.4 is 4.74 Å². The number of carbonyl (C=O) groups is 1. The SMILES string of the molecule is COc1cccc(F)c1C(=O)N(CCCl)C1CCCC1. The Balaban J connectivity index is 2.31. The second-order valence-corrected chi connectivity index (χ2v) is 5.32. The number of rotatable bonds is 5. The van der Waals surface area contributed by atoms with Crippen LogP contribution in [0.15, 0.2) is 18.2 Å². The topological polar surface area (TPSA) is 29.5 Å². The van der Waals surface area contributed by atoms with Gasteiger partial charge >= 0.3 is 0 Å². The maximum atomic E-state index is 14.0. The molecule has 20 heavy (non-hydrogen) atoms. The molecular weight excluding hydrogens is 281 g/mol. The highest BCUT2D eigenvalue weighted by molar-refractivity contribution is 6.18. The number of hydrogen-bond donors (Lipinski definition) is 0. The van der Waals surface area contributed by atoms with Gasteiger partial charge in [0, 0.05) is 18.5 Å². The first-order valence-electron chi connectivity index (χ1n) is 6.88. The van der Waals surface area contributed by atoms with Crippen LogP contribution in [0.4, 0.5) is 4.39 Å². The summed E-state index contributed by atoms with van der Waals surface area (Å²) in [6, 6.07) is 4.57. The summed E-state index contributed by atoms with van der Waals surface area (Å²) >= 11 is 5.80.